The zero-order chi connectivity index (χ0) is 14.2. The van der Waals surface area contributed by atoms with Crippen LogP contribution in [0.1, 0.15) is 58.6 Å². The van der Waals surface area contributed by atoms with Crippen LogP contribution in [-0.4, -0.2) is 22.5 Å². The smallest absolute Gasteiger partial charge is 0.329 e. The first-order chi connectivity index (χ1) is 9.61. The molecule has 1 aromatic heterocycles. The summed E-state index contributed by atoms with van der Waals surface area (Å²) in [6.45, 7) is 0. The van der Waals surface area contributed by atoms with Crippen molar-refractivity contribution in [2.24, 2.45) is 0 Å². The molecule has 0 spiro atoms. The van der Waals surface area contributed by atoms with Gasteiger partial charge in [0.2, 0.25) is 0 Å². The number of carboxylic acid groups (broad SMARTS) is 1. The van der Waals surface area contributed by atoms with E-state index in [1.165, 1.54) is 34.6 Å². The van der Waals surface area contributed by atoms with Crippen LogP contribution in [0.5, 0.6) is 0 Å². The second-order valence-electron chi connectivity index (χ2n) is 5.81. The predicted octanol–water partition coefficient (Wildman–Crippen LogP) is 2.75. The number of carboxylic acids is 1. The second kappa shape index (κ2) is 5.20. The van der Waals surface area contributed by atoms with E-state index in [0.717, 1.165) is 25.7 Å². The Balaban J connectivity index is 1.78. The molecule has 0 saturated heterocycles. The van der Waals surface area contributed by atoms with Gasteiger partial charge < -0.3 is 10.4 Å². The predicted molar refractivity (Wildman–Crippen MR) is 77.3 cm³/mol. The first-order valence-corrected chi connectivity index (χ1v) is 8.10. The van der Waals surface area contributed by atoms with Crippen molar-refractivity contribution >= 4 is 23.2 Å². The zero-order valence-electron chi connectivity index (χ0n) is 11.4. The number of aryl methyl sites for hydroxylation is 2. The molecule has 1 amide bonds. The molecule has 3 rings (SSSR count). The highest BCUT2D eigenvalue weighted by Gasteiger charge is 2.43. The Morgan fingerprint density at radius 2 is 1.85 bits per heavy atom. The van der Waals surface area contributed by atoms with Gasteiger partial charge in [0.15, 0.2) is 0 Å². The fourth-order valence-electron chi connectivity index (χ4n) is 3.25. The Hall–Kier alpha value is -1.36. The highest BCUT2D eigenvalue weighted by atomic mass is 32.1. The van der Waals surface area contributed by atoms with E-state index in [1.54, 1.807) is 0 Å². The van der Waals surface area contributed by atoms with E-state index in [1.807, 2.05) is 6.07 Å². The zero-order valence-corrected chi connectivity index (χ0v) is 12.2. The largest absolute Gasteiger partial charge is 0.480 e. The molecule has 2 aliphatic carbocycles. The van der Waals surface area contributed by atoms with Crippen LogP contribution in [-0.2, 0) is 17.6 Å². The van der Waals surface area contributed by atoms with E-state index in [-0.39, 0.29) is 5.91 Å². The minimum atomic E-state index is -1.04. The van der Waals surface area contributed by atoms with Crippen LogP contribution in [0.4, 0.5) is 0 Å². The van der Waals surface area contributed by atoms with Gasteiger partial charge >= 0.3 is 5.97 Å². The maximum absolute atomic E-state index is 12.4. The number of rotatable bonds is 3. The maximum atomic E-state index is 12.4. The average molecular weight is 293 g/mol. The fourth-order valence-corrected chi connectivity index (χ4v) is 4.40. The number of thiophene rings is 1. The average Bonchev–Trinajstić information content (AvgIpc) is 3.05. The lowest BCUT2D eigenvalue weighted by Crippen LogP contribution is -2.52. The van der Waals surface area contributed by atoms with Crippen LogP contribution in [0.15, 0.2) is 6.07 Å². The van der Waals surface area contributed by atoms with Gasteiger partial charge in [0.1, 0.15) is 5.54 Å². The third-order valence-corrected chi connectivity index (χ3v) is 5.68. The summed E-state index contributed by atoms with van der Waals surface area (Å²) in [4.78, 5) is 25.8. The minimum Gasteiger partial charge on any atom is -0.480 e. The van der Waals surface area contributed by atoms with Gasteiger partial charge in [-0.2, -0.15) is 0 Å². The van der Waals surface area contributed by atoms with Crippen molar-refractivity contribution in [2.45, 2.75) is 56.9 Å². The first kappa shape index (κ1) is 13.6. The molecule has 0 aromatic carbocycles. The van der Waals surface area contributed by atoms with Crippen molar-refractivity contribution in [1.29, 1.82) is 0 Å². The van der Waals surface area contributed by atoms with Crippen molar-refractivity contribution in [3.63, 3.8) is 0 Å². The summed E-state index contributed by atoms with van der Waals surface area (Å²) in [5.41, 5.74) is 0.240. The highest BCUT2D eigenvalue weighted by molar-refractivity contribution is 7.14. The molecule has 108 valence electrons. The summed E-state index contributed by atoms with van der Waals surface area (Å²) in [6, 6.07) is 1.96. The summed E-state index contributed by atoms with van der Waals surface area (Å²) in [5, 5.41) is 12.2. The molecule has 0 atom stereocenters. The quantitative estimate of drug-likeness (QED) is 0.900. The molecule has 20 heavy (non-hydrogen) atoms. The summed E-state index contributed by atoms with van der Waals surface area (Å²) in [7, 11) is 0. The Kier molecular flexibility index (Phi) is 3.54. The van der Waals surface area contributed by atoms with E-state index in [4.69, 9.17) is 0 Å². The van der Waals surface area contributed by atoms with Crippen molar-refractivity contribution in [2.75, 3.05) is 0 Å². The number of carbonyl (C=O) groups is 2. The summed E-state index contributed by atoms with van der Waals surface area (Å²) in [5.74, 6) is -1.11. The van der Waals surface area contributed by atoms with E-state index in [0.29, 0.717) is 17.7 Å². The second-order valence-corrected chi connectivity index (χ2v) is 6.95. The van der Waals surface area contributed by atoms with Gasteiger partial charge in [-0.1, -0.05) is 12.8 Å². The molecule has 1 saturated carbocycles. The number of fused-ring (bicyclic) bond motifs is 1. The molecule has 1 fully saturated rings. The number of hydrogen-bond donors (Lipinski definition) is 2. The molecule has 1 heterocycles. The number of carbonyl (C=O) groups excluding carboxylic acids is 1. The Morgan fingerprint density at radius 3 is 2.50 bits per heavy atom. The molecule has 0 radical (unpaired) electrons. The van der Waals surface area contributed by atoms with Gasteiger partial charge in [0.25, 0.3) is 5.91 Å². The molecule has 1 aromatic rings. The topological polar surface area (TPSA) is 66.4 Å². The summed E-state index contributed by atoms with van der Waals surface area (Å²) < 4.78 is 0. The molecule has 0 unspecified atom stereocenters. The molecule has 0 aliphatic heterocycles. The SMILES string of the molecule is O=C(NC1(C(=O)O)CCCC1)c1cc2c(s1)CCCC2. The number of nitrogens with one attached hydrogen (secondary N) is 1. The lowest BCUT2D eigenvalue weighted by atomic mass is 9.97. The van der Waals surface area contributed by atoms with Crippen molar-refractivity contribution in [3.8, 4) is 0 Å². The summed E-state index contributed by atoms with van der Waals surface area (Å²) >= 11 is 1.53. The fraction of sp³-hybridized carbons (Fsp3) is 0.600. The van der Waals surface area contributed by atoms with Crippen LogP contribution in [0.3, 0.4) is 0 Å². The van der Waals surface area contributed by atoms with Crippen LogP contribution in [0, 0.1) is 0 Å². The lowest BCUT2D eigenvalue weighted by Gasteiger charge is -2.24. The van der Waals surface area contributed by atoms with Crippen molar-refractivity contribution in [3.05, 3.63) is 21.4 Å². The van der Waals surface area contributed by atoms with Crippen LogP contribution in [0.25, 0.3) is 0 Å². The van der Waals surface area contributed by atoms with Gasteiger partial charge in [-0.05, 0) is 50.2 Å². The van der Waals surface area contributed by atoms with E-state index >= 15 is 0 Å². The van der Waals surface area contributed by atoms with Crippen molar-refractivity contribution < 1.29 is 14.7 Å². The standard InChI is InChI=1S/C15H19NO3S/c17-13(16-15(14(18)19)7-3-4-8-15)12-9-10-5-1-2-6-11(10)20-12/h9H,1-8H2,(H,16,17)(H,18,19). The normalized spacial score (nSPS) is 20.4. The van der Waals surface area contributed by atoms with Crippen LogP contribution >= 0.6 is 11.3 Å². The monoisotopic (exact) mass is 293 g/mol. The number of aliphatic carboxylic acids is 1. The van der Waals surface area contributed by atoms with Gasteiger partial charge in [-0.25, -0.2) is 4.79 Å². The molecular formula is C15H19NO3S. The Morgan fingerprint density at radius 1 is 1.15 bits per heavy atom. The highest BCUT2D eigenvalue weighted by Crippen LogP contribution is 2.33. The molecule has 5 heteroatoms. The lowest BCUT2D eigenvalue weighted by molar-refractivity contribution is -0.144. The Labute approximate surface area is 122 Å². The minimum absolute atomic E-state index is 0.214. The molecule has 2 N–H and O–H groups in total. The Bertz CT molecular complexity index is 520. The molecule has 0 bridgehead atoms. The molecular weight excluding hydrogens is 274 g/mol. The number of hydrogen-bond acceptors (Lipinski definition) is 3. The number of amides is 1. The molecule has 4 nitrogen and oxygen atoms in total. The van der Waals surface area contributed by atoms with E-state index < -0.39 is 11.5 Å². The van der Waals surface area contributed by atoms with E-state index in [9.17, 15) is 14.7 Å². The third-order valence-electron chi connectivity index (χ3n) is 4.44. The van der Waals surface area contributed by atoms with Gasteiger partial charge in [-0.15, -0.1) is 11.3 Å². The van der Waals surface area contributed by atoms with Gasteiger partial charge in [0.05, 0.1) is 4.88 Å². The summed E-state index contributed by atoms with van der Waals surface area (Å²) in [6.07, 6.45) is 7.29. The van der Waals surface area contributed by atoms with Gasteiger partial charge in [0, 0.05) is 4.88 Å². The van der Waals surface area contributed by atoms with E-state index in [2.05, 4.69) is 5.32 Å². The van der Waals surface area contributed by atoms with Crippen LogP contribution in [0.2, 0.25) is 0 Å². The first-order valence-electron chi connectivity index (χ1n) is 7.28. The molecule has 2 aliphatic rings. The van der Waals surface area contributed by atoms with Gasteiger partial charge in [-0.3, -0.25) is 4.79 Å². The van der Waals surface area contributed by atoms with Crippen LogP contribution < -0.4 is 5.32 Å². The maximum Gasteiger partial charge on any atom is 0.329 e. The third kappa shape index (κ3) is 2.35. The van der Waals surface area contributed by atoms with Crippen molar-refractivity contribution in [1.82, 2.24) is 5.32 Å².